The molecule has 1 aromatic heterocycles. The molecule has 0 aliphatic heterocycles. The maximum Gasteiger partial charge on any atom is 0.212 e. The summed E-state index contributed by atoms with van der Waals surface area (Å²) in [6, 6.07) is 13.9. The van der Waals surface area contributed by atoms with Crippen molar-refractivity contribution in [1.82, 2.24) is 9.78 Å². The Labute approximate surface area is 145 Å². The van der Waals surface area contributed by atoms with Gasteiger partial charge in [-0.2, -0.15) is 5.10 Å². The third-order valence-electron chi connectivity index (χ3n) is 3.98. The van der Waals surface area contributed by atoms with Crippen LogP contribution in [-0.2, 0) is 4.79 Å². The van der Waals surface area contributed by atoms with Gasteiger partial charge in [0, 0.05) is 17.7 Å². The summed E-state index contributed by atoms with van der Waals surface area (Å²) in [7, 11) is 0. The number of carbonyl (C=O) groups is 1. The van der Waals surface area contributed by atoms with E-state index in [9.17, 15) is 15.0 Å². The predicted molar refractivity (Wildman–Crippen MR) is 96.1 cm³/mol. The van der Waals surface area contributed by atoms with E-state index in [4.69, 9.17) is 0 Å². The van der Waals surface area contributed by atoms with Crippen LogP contribution in [0.25, 0.3) is 16.9 Å². The molecule has 2 aromatic carbocycles. The van der Waals surface area contributed by atoms with E-state index >= 15 is 0 Å². The maximum absolute atomic E-state index is 10.9. The number of phenolic OH excluding ortho intramolecular Hbond substituents is 2. The number of nitrogens with one attached hydrogen (secondary N) is 1. The summed E-state index contributed by atoms with van der Waals surface area (Å²) < 4.78 is 1.60. The number of aromatic nitrogens is 2. The van der Waals surface area contributed by atoms with Gasteiger partial charge < -0.3 is 15.5 Å². The Bertz CT molecular complexity index is 899. The van der Waals surface area contributed by atoms with Crippen LogP contribution in [-0.4, -0.2) is 26.4 Å². The van der Waals surface area contributed by atoms with Crippen LogP contribution in [0.5, 0.6) is 11.5 Å². The second-order valence-corrected chi connectivity index (χ2v) is 6.04. The normalized spacial score (nSPS) is 10.8. The van der Waals surface area contributed by atoms with Crippen LogP contribution in [0.2, 0.25) is 0 Å². The SMILES string of the molecule is CC(C)c1ccc(-n2nc(-c3ccc(O)cc3O)cc2NC=O)cc1. The molecule has 0 bridgehead atoms. The Morgan fingerprint density at radius 2 is 1.80 bits per heavy atom. The fraction of sp³-hybridized carbons (Fsp3) is 0.158. The van der Waals surface area contributed by atoms with E-state index < -0.39 is 0 Å². The summed E-state index contributed by atoms with van der Waals surface area (Å²) in [5.74, 6) is 0.784. The Morgan fingerprint density at radius 3 is 2.40 bits per heavy atom. The van der Waals surface area contributed by atoms with Gasteiger partial charge in [-0.3, -0.25) is 4.79 Å². The molecule has 25 heavy (non-hydrogen) atoms. The van der Waals surface area contributed by atoms with Crippen molar-refractivity contribution < 1.29 is 15.0 Å². The first kappa shape index (κ1) is 16.6. The number of hydrogen-bond acceptors (Lipinski definition) is 4. The van der Waals surface area contributed by atoms with Crippen LogP contribution >= 0.6 is 0 Å². The summed E-state index contributed by atoms with van der Waals surface area (Å²) in [5.41, 5.74) is 2.94. The smallest absolute Gasteiger partial charge is 0.212 e. The van der Waals surface area contributed by atoms with E-state index in [1.54, 1.807) is 16.8 Å². The molecule has 1 heterocycles. The molecule has 1 amide bonds. The van der Waals surface area contributed by atoms with Gasteiger partial charge in [0.05, 0.1) is 11.4 Å². The molecule has 3 rings (SSSR count). The highest BCUT2D eigenvalue weighted by Gasteiger charge is 2.14. The van der Waals surface area contributed by atoms with Crippen molar-refractivity contribution in [3.8, 4) is 28.4 Å². The fourth-order valence-electron chi connectivity index (χ4n) is 2.61. The van der Waals surface area contributed by atoms with Crippen molar-refractivity contribution in [1.29, 1.82) is 0 Å². The van der Waals surface area contributed by atoms with Crippen LogP contribution in [0.15, 0.2) is 48.5 Å². The molecule has 0 aliphatic carbocycles. The van der Waals surface area contributed by atoms with Crippen molar-refractivity contribution in [3.05, 3.63) is 54.1 Å². The molecule has 0 atom stereocenters. The number of nitrogens with zero attached hydrogens (tertiary/aromatic N) is 2. The molecule has 0 saturated carbocycles. The Kier molecular flexibility index (Phi) is 4.43. The van der Waals surface area contributed by atoms with Crippen LogP contribution in [0.1, 0.15) is 25.3 Å². The zero-order valence-electron chi connectivity index (χ0n) is 14.0. The van der Waals surface area contributed by atoms with E-state index in [1.165, 1.54) is 17.7 Å². The van der Waals surface area contributed by atoms with E-state index in [2.05, 4.69) is 24.3 Å². The summed E-state index contributed by atoms with van der Waals surface area (Å²) in [6.07, 6.45) is 0.580. The molecule has 0 spiro atoms. The molecule has 0 radical (unpaired) electrons. The van der Waals surface area contributed by atoms with Gasteiger partial charge in [-0.1, -0.05) is 26.0 Å². The minimum atomic E-state index is -0.0857. The first-order chi connectivity index (χ1) is 12.0. The standard InChI is InChI=1S/C19H19N3O3/c1-12(2)13-3-5-14(6-4-13)22-19(20-11-23)10-17(21-22)16-8-7-15(24)9-18(16)25/h3-12,24-25H,1-2H3,(H,20,23). The van der Waals surface area contributed by atoms with E-state index in [0.29, 0.717) is 29.4 Å². The molecule has 0 unspecified atom stereocenters. The lowest BCUT2D eigenvalue weighted by molar-refractivity contribution is -0.105. The zero-order chi connectivity index (χ0) is 18.0. The average molecular weight is 337 g/mol. The fourth-order valence-corrected chi connectivity index (χ4v) is 2.61. The van der Waals surface area contributed by atoms with Crippen LogP contribution < -0.4 is 5.32 Å². The van der Waals surface area contributed by atoms with Gasteiger partial charge >= 0.3 is 0 Å². The Balaban J connectivity index is 2.07. The molecular weight excluding hydrogens is 318 g/mol. The highest BCUT2D eigenvalue weighted by atomic mass is 16.3. The van der Waals surface area contributed by atoms with Crippen molar-refractivity contribution in [2.45, 2.75) is 19.8 Å². The number of hydrogen-bond donors (Lipinski definition) is 3. The van der Waals surface area contributed by atoms with Gasteiger partial charge in [-0.15, -0.1) is 0 Å². The number of aromatic hydroxyl groups is 2. The summed E-state index contributed by atoms with van der Waals surface area (Å²) in [6.45, 7) is 4.24. The van der Waals surface area contributed by atoms with Crippen molar-refractivity contribution >= 4 is 12.2 Å². The van der Waals surface area contributed by atoms with Gasteiger partial charge in [-0.25, -0.2) is 4.68 Å². The molecule has 6 heteroatoms. The molecule has 0 fully saturated rings. The average Bonchev–Trinajstić information content (AvgIpc) is 2.99. The number of phenols is 2. The second-order valence-electron chi connectivity index (χ2n) is 6.04. The summed E-state index contributed by atoms with van der Waals surface area (Å²) in [4.78, 5) is 10.9. The van der Waals surface area contributed by atoms with Gasteiger partial charge in [0.1, 0.15) is 17.3 Å². The largest absolute Gasteiger partial charge is 0.508 e. The zero-order valence-corrected chi connectivity index (χ0v) is 14.0. The third-order valence-corrected chi connectivity index (χ3v) is 3.98. The molecule has 3 N–H and O–H groups in total. The lowest BCUT2D eigenvalue weighted by Gasteiger charge is -2.09. The van der Waals surface area contributed by atoms with Crippen molar-refractivity contribution in [3.63, 3.8) is 0 Å². The number of rotatable bonds is 5. The maximum atomic E-state index is 10.9. The topological polar surface area (TPSA) is 87.4 Å². The van der Waals surface area contributed by atoms with Crippen LogP contribution in [0.4, 0.5) is 5.82 Å². The van der Waals surface area contributed by atoms with E-state index in [0.717, 1.165) is 5.69 Å². The first-order valence-corrected chi connectivity index (χ1v) is 7.92. The first-order valence-electron chi connectivity index (χ1n) is 7.92. The van der Waals surface area contributed by atoms with Gasteiger partial charge in [0.2, 0.25) is 6.41 Å². The number of benzene rings is 2. The third kappa shape index (κ3) is 3.33. The van der Waals surface area contributed by atoms with Gasteiger partial charge in [0.15, 0.2) is 0 Å². The Morgan fingerprint density at radius 1 is 1.08 bits per heavy atom. The minimum Gasteiger partial charge on any atom is -0.508 e. The number of anilines is 1. The van der Waals surface area contributed by atoms with Crippen LogP contribution in [0, 0.1) is 0 Å². The molecule has 0 aliphatic rings. The second kappa shape index (κ2) is 6.68. The molecule has 128 valence electrons. The minimum absolute atomic E-state index is 0.0313. The van der Waals surface area contributed by atoms with E-state index in [-0.39, 0.29) is 11.5 Å². The van der Waals surface area contributed by atoms with Gasteiger partial charge in [-0.05, 0) is 35.7 Å². The Hall–Kier alpha value is -3.28. The number of carbonyl (C=O) groups excluding carboxylic acids is 1. The number of amides is 1. The summed E-state index contributed by atoms with van der Waals surface area (Å²) in [5, 5.41) is 26.6. The predicted octanol–water partition coefficient (Wildman–Crippen LogP) is 3.64. The molecule has 0 saturated heterocycles. The molecular formula is C19H19N3O3. The molecule has 6 nitrogen and oxygen atoms in total. The highest BCUT2D eigenvalue weighted by Crippen LogP contribution is 2.33. The lowest BCUT2D eigenvalue weighted by atomic mass is 10.0. The van der Waals surface area contributed by atoms with E-state index in [1.807, 2.05) is 24.3 Å². The monoisotopic (exact) mass is 337 g/mol. The van der Waals surface area contributed by atoms with Crippen molar-refractivity contribution in [2.75, 3.05) is 5.32 Å². The van der Waals surface area contributed by atoms with Crippen molar-refractivity contribution in [2.24, 2.45) is 0 Å². The summed E-state index contributed by atoms with van der Waals surface area (Å²) >= 11 is 0. The quantitative estimate of drug-likeness (QED) is 0.620. The van der Waals surface area contributed by atoms with Gasteiger partial charge in [0.25, 0.3) is 0 Å². The lowest BCUT2D eigenvalue weighted by Crippen LogP contribution is -2.04. The van der Waals surface area contributed by atoms with Crippen LogP contribution in [0.3, 0.4) is 0 Å². The highest BCUT2D eigenvalue weighted by molar-refractivity contribution is 5.76. The molecule has 3 aromatic rings.